The lowest BCUT2D eigenvalue weighted by atomic mass is 10.0. The summed E-state index contributed by atoms with van der Waals surface area (Å²) in [6.45, 7) is 4.67. The molecule has 2 aromatic rings. The van der Waals surface area contributed by atoms with E-state index < -0.39 is 11.4 Å². The molecule has 5 heteroatoms. The van der Waals surface area contributed by atoms with Crippen LogP contribution in [0.1, 0.15) is 29.9 Å². The first-order chi connectivity index (χ1) is 10.9. The molecular formula is C18H21FN2O2. The maximum atomic E-state index is 13.0. The van der Waals surface area contributed by atoms with E-state index in [0.29, 0.717) is 13.2 Å². The summed E-state index contributed by atoms with van der Waals surface area (Å²) in [5, 5.41) is 0. The molecular weight excluding hydrogens is 295 g/mol. The van der Waals surface area contributed by atoms with Crippen LogP contribution >= 0.6 is 0 Å². The van der Waals surface area contributed by atoms with Crippen LogP contribution in [0.4, 0.5) is 4.39 Å². The predicted octanol–water partition coefficient (Wildman–Crippen LogP) is 3.29. The second kappa shape index (κ2) is 7.33. The van der Waals surface area contributed by atoms with Crippen LogP contribution in [0.25, 0.3) is 0 Å². The summed E-state index contributed by atoms with van der Waals surface area (Å²) in [7, 11) is 1.60. The van der Waals surface area contributed by atoms with Crippen LogP contribution in [0.3, 0.4) is 0 Å². The second-order valence-corrected chi connectivity index (χ2v) is 5.98. The van der Waals surface area contributed by atoms with Crippen molar-refractivity contribution in [3.63, 3.8) is 0 Å². The first kappa shape index (κ1) is 17.1. The third-order valence-electron chi connectivity index (χ3n) is 3.60. The highest BCUT2D eigenvalue weighted by Crippen LogP contribution is 2.21. The molecule has 1 amide bonds. The minimum atomic E-state index is -0.530. The largest absolute Gasteiger partial charge is 0.382 e. The average Bonchev–Trinajstić information content (AvgIpc) is 2.53. The monoisotopic (exact) mass is 316 g/mol. The maximum absolute atomic E-state index is 13.0. The van der Waals surface area contributed by atoms with Gasteiger partial charge in [0.05, 0.1) is 18.3 Å². The van der Waals surface area contributed by atoms with Crippen LogP contribution in [-0.2, 0) is 11.3 Å². The summed E-state index contributed by atoms with van der Waals surface area (Å²) in [5.41, 5.74) is 0.691. The molecule has 1 aromatic heterocycles. The van der Waals surface area contributed by atoms with E-state index in [1.165, 1.54) is 12.1 Å². The highest BCUT2D eigenvalue weighted by Gasteiger charge is 2.32. The number of amides is 1. The summed E-state index contributed by atoms with van der Waals surface area (Å²) in [4.78, 5) is 18.5. The second-order valence-electron chi connectivity index (χ2n) is 5.98. The van der Waals surface area contributed by atoms with E-state index in [0.717, 1.165) is 11.8 Å². The van der Waals surface area contributed by atoms with Crippen molar-refractivity contribution in [2.45, 2.75) is 25.9 Å². The first-order valence-corrected chi connectivity index (χ1v) is 7.40. The molecule has 0 saturated carbocycles. The molecule has 0 atom stereocenters. The molecule has 4 nitrogen and oxygen atoms in total. The molecule has 23 heavy (non-hydrogen) atoms. The average molecular weight is 316 g/mol. The van der Waals surface area contributed by atoms with Gasteiger partial charge in [-0.1, -0.05) is 30.3 Å². The fourth-order valence-electron chi connectivity index (χ4n) is 2.40. The van der Waals surface area contributed by atoms with E-state index in [-0.39, 0.29) is 11.6 Å². The molecule has 122 valence electrons. The number of carbonyl (C=O) groups is 1. The van der Waals surface area contributed by atoms with E-state index in [2.05, 4.69) is 4.98 Å². The highest BCUT2D eigenvalue weighted by molar-refractivity contribution is 5.92. The zero-order chi connectivity index (χ0) is 16.9. The van der Waals surface area contributed by atoms with Crippen LogP contribution in [0.15, 0.2) is 48.7 Å². The standard InChI is InChI=1S/C18H21FN2O2/c1-18(2,13-23-3)21(12-14-7-5-4-6-8-14)17(22)16-10-9-15(19)11-20-16/h4-11H,12-13H2,1-3H3. The SMILES string of the molecule is COCC(C)(C)N(Cc1ccccc1)C(=O)c1ccc(F)cn1. The Morgan fingerprint density at radius 1 is 1.22 bits per heavy atom. The molecule has 0 fully saturated rings. The molecule has 1 aromatic carbocycles. The van der Waals surface area contributed by atoms with E-state index >= 15 is 0 Å². The lowest BCUT2D eigenvalue weighted by Crippen LogP contribution is -2.50. The maximum Gasteiger partial charge on any atom is 0.273 e. The Hall–Kier alpha value is -2.27. The van der Waals surface area contributed by atoms with Gasteiger partial charge >= 0.3 is 0 Å². The number of nitrogens with zero attached hydrogens (tertiary/aromatic N) is 2. The molecule has 0 N–H and O–H groups in total. The zero-order valence-electron chi connectivity index (χ0n) is 13.6. The number of aromatic nitrogens is 1. The Morgan fingerprint density at radius 2 is 1.91 bits per heavy atom. The van der Waals surface area contributed by atoms with Crippen molar-refractivity contribution in [2.75, 3.05) is 13.7 Å². The van der Waals surface area contributed by atoms with Crippen LogP contribution < -0.4 is 0 Å². The van der Waals surface area contributed by atoms with Gasteiger partial charge in [-0.25, -0.2) is 9.37 Å². The number of hydrogen-bond acceptors (Lipinski definition) is 3. The van der Waals surface area contributed by atoms with Crippen molar-refractivity contribution in [1.82, 2.24) is 9.88 Å². The highest BCUT2D eigenvalue weighted by atomic mass is 19.1. The summed E-state index contributed by atoms with van der Waals surface area (Å²) >= 11 is 0. The van der Waals surface area contributed by atoms with Crippen molar-refractivity contribution in [3.05, 3.63) is 65.7 Å². The topological polar surface area (TPSA) is 42.4 Å². The number of carbonyl (C=O) groups excluding carboxylic acids is 1. The van der Waals surface area contributed by atoms with Gasteiger partial charge in [0.25, 0.3) is 5.91 Å². The van der Waals surface area contributed by atoms with Crippen molar-refractivity contribution < 1.29 is 13.9 Å². The molecule has 0 saturated heterocycles. The van der Waals surface area contributed by atoms with Gasteiger partial charge in [0, 0.05) is 13.7 Å². The Bertz CT molecular complexity index is 642. The van der Waals surface area contributed by atoms with E-state index in [4.69, 9.17) is 4.74 Å². The molecule has 0 bridgehead atoms. The van der Waals surface area contributed by atoms with Gasteiger partial charge in [0.1, 0.15) is 11.5 Å². The third-order valence-corrected chi connectivity index (χ3v) is 3.60. The van der Waals surface area contributed by atoms with E-state index in [1.54, 1.807) is 12.0 Å². The number of rotatable bonds is 6. The van der Waals surface area contributed by atoms with Crippen LogP contribution in [0.5, 0.6) is 0 Å². The fourth-order valence-corrected chi connectivity index (χ4v) is 2.40. The summed E-state index contributed by atoms with van der Waals surface area (Å²) in [5.74, 6) is -0.719. The molecule has 1 heterocycles. The van der Waals surface area contributed by atoms with E-state index in [9.17, 15) is 9.18 Å². The van der Waals surface area contributed by atoms with Gasteiger partial charge in [-0.2, -0.15) is 0 Å². The Labute approximate surface area is 135 Å². The Morgan fingerprint density at radius 3 is 2.48 bits per heavy atom. The zero-order valence-corrected chi connectivity index (χ0v) is 13.6. The van der Waals surface area contributed by atoms with Gasteiger partial charge in [0.15, 0.2) is 0 Å². The summed E-state index contributed by atoms with van der Waals surface area (Å²) < 4.78 is 18.3. The molecule has 0 spiro atoms. The Kier molecular flexibility index (Phi) is 5.45. The molecule has 0 radical (unpaired) electrons. The number of benzene rings is 1. The number of pyridine rings is 1. The number of ether oxygens (including phenoxy) is 1. The normalized spacial score (nSPS) is 11.3. The predicted molar refractivity (Wildman–Crippen MR) is 86.5 cm³/mol. The number of halogens is 1. The Balaban J connectivity index is 2.32. The molecule has 2 rings (SSSR count). The van der Waals surface area contributed by atoms with Gasteiger partial charge in [0.2, 0.25) is 0 Å². The van der Waals surface area contributed by atoms with Crippen molar-refractivity contribution in [3.8, 4) is 0 Å². The van der Waals surface area contributed by atoms with Crippen molar-refractivity contribution >= 4 is 5.91 Å². The molecule has 0 aliphatic carbocycles. The molecule has 0 aliphatic heterocycles. The molecule has 0 aliphatic rings. The fraction of sp³-hybridized carbons (Fsp3) is 0.333. The first-order valence-electron chi connectivity index (χ1n) is 7.40. The van der Waals surface area contributed by atoms with Crippen LogP contribution in [0, 0.1) is 5.82 Å². The summed E-state index contributed by atoms with van der Waals surface area (Å²) in [6, 6.07) is 12.3. The van der Waals surface area contributed by atoms with Crippen molar-refractivity contribution in [2.24, 2.45) is 0 Å². The van der Waals surface area contributed by atoms with Crippen LogP contribution in [-0.4, -0.2) is 35.0 Å². The molecule has 0 unspecified atom stereocenters. The summed E-state index contributed by atoms with van der Waals surface area (Å²) in [6.07, 6.45) is 1.05. The van der Waals surface area contributed by atoms with Gasteiger partial charge in [-0.05, 0) is 31.5 Å². The third kappa shape index (κ3) is 4.36. The van der Waals surface area contributed by atoms with Gasteiger partial charge in [-0.3, -0.25) is 4.79 Å². The lowest BCUT2D eigenvalue weighted by Gasteiger charge is -2.38. The smallest absolute Gasteiger partial charge is 0.273 e. The minimum absolute atomic E-state index is 0.214. The quantitative estimate of drug-likeness (QED) is 0.821. The minimum Gasteiger partial charge on any atom is -0.382 e. The van der Waals surface area contributed by atoms with Gasteiger partial charge < -0.3 is 9.64 Å². The van der Waals surface area contributed by atoms with E-state index in [1.807, 2.05) is 44.2 Å². The van der Waals surface area contributed by atoms with Crippen molar-refractivity contribution in [1.29, 1.82) is 0 Å². The van der Waals surface area contributed by atoms with Gasteiger partial charge in [-0.15, -0.1) is 0 Å². The number of methoxy groups -OCH3 is 1. The number of hydrogen-bond donors (Lipinski definition) is 0. The lowest BCUT2D eigenvalue weighted by molar-refractivity contribution is 0.0226. The van der Waals surface area contributed by atoms with Crippen LogP contribution in [0.2, 0.25) is 0 Å².